The molecule has 0 unspecified atom stereocenters. The maximum Gasteiger partial charge on any atom is 0.341 e. The third kappa shape index (κ3) is 6.29. The summed E-state index contributed by atoms with van der Waals surface area (Å²) in [7, 11) is 1.71. The maximum absolute atomic E-state index is 13.3. The zero-order chi connectivity index (χ0) is 25.7. The molecule has 0 saturated carbocycles. The summed E-state index contributed by atoms with van der Waals surface area (Å²) in [5.74, 6) is -1.55. The number of nitrogens with two attached hydrogens (primary N) is 1. The van der Waals surface area contributed by atoms with Crippen LogP contribution >= 0.6 is 34.7 Å². The van der Waals surface area contributed by atoms with Crippen LogP contribution in [0.4, 0.5) is 9.39 Å². The summed E-state index contributed by atoms with van der Waals surface area (Å²) in [4.78, 5) is 36.8. The van der Waals surface area contributed by atoms with Gasteiger partial charge in [-0.25, -0.2) is 9.18 Å². The van der Waals surface area contributed by atoms with E-state index in [1.807, 2.05) is 0 Å². The number of carbonyl (C=O) groups is 3. The third-order valence-corrected chi connectivity index (χ3v) is 7.15. The molecule has 10 nitrogen and oxygen atoms in total. The smallest absolute Gasteiger partial charge is 0.341 e. The molecule has 186 valence electrons. The molecule has 0 spiro atoms. The second-order valence-corrected chi connectivity index (χ2v) is 9.37. The molecule has 0 atom stereocenters. The number of anilines is 1. The minimum atomic E-state index is -0.704. The Bertz CT molecular complexity index is 1280. The van der Waals surface area contributed by atoms with E-state index in [2.05, 4.69) is 15.5 Å². The number of hydrogen-bond acceptors (Lipinski definition) is 9. The number of thiophene rings is 1. The van der Waals surface area contributed by atoms with Gasteiger partial charge in [0.2, 0.25) is 5.91 Å². The number of amides is 2. The number of primary amides is 1. The van der Waals surface area contributed by atoms with Gasteiger partial charge in [-0.2, -0.15) is 0 Å². The van der Waals surface area contributed by atoms with Crippen molar-refractivity contribution in [3.8, 4) is 5.75 Å². The highest BCUT2D eigenvalue weighted by atomic mass is 35.5. The van der Waals surface area contributed by atoms with Gasteiger partial charge in [-0.05, 0) is 31.5 Å². The lowest BCUT2D eigenvalue weighted by molar-refractivity contribution is -0.113. The minimum Gasteiger partial charge on any atom is -0.486 e. The predicted molar refractivity (Wildman–Crippen MR) is 130 cm³/mol. The van der Waals surface area contributed by atoms with E-state index in [1.54, 1.807) is 25.5 Å². The molecule has 3 N–H and O–H groups in total. The van der Waals surface area contributed by atoms with Crippen molar-refractivity contribution in [2.75, 3.05) is 17.7 Å². The standard InChI is InChI=1S/C21H21ClFN5O5S2/c1-4-32-20(31)16-10(2)17(18(24)30)35-19(16)25-15(29)9-34-21-27-26-14(28(21)3)8-33-11-5-6-13(23)12(22)7-11/h5-7H,4,8-9H2,1-3H3,(H2,24,30)(H,25,29). The van der Waals surface area contributed by atoms with Crippen molar-refractivity contribution in [2.24, 2.45) is 12.8 Å². The summed E-state index contributed by atoms with van der Waals surface area (Å²) in [5.41, 5.74) is 5.83. The molecule has 3 aromatic rings. The Labute approximate surface area is 212 Å². The number of halogens is 2. The van der Waals surface area contributed by atoms with Gasteiger partial charge in [0.05, 0.1) is 27.8 Å². The van der Waals surface area contributed by atoms with Crippen LogP contribution in [0.5, 0.6) is 5.75 Å². The Morgan fingerprint density at radius 3 is 2.71 bits per heavy atom. The zero-order valence-corrected chi connectivity index (χ0v) is 21.3. The van der Waals surface area contributed by atoms with E-state index in [1.165, 1.54) is 18.2 Å². The fourth-order valence-electron chi connectivity index (χ4n) is 2.89. The van der Waals surface area contributed by atoms with E-state index in [4.69, 9.17) is 26.8 Å². The monoisotopic (exact) mass is 541 g/mol. The predicted octanol–water partition coefficient (Wildman–Crippen LogP) is 3.56. The maximum atomic E-state index is 13.3. The van der Waals surface area contributed by atoms with Crippen LogP contribution in [0.25, 0.3) is 0 Å². The summed E-state index contributed by atoms with van der Waals surface area (Å²) in [5, 5.41) is 11.3. The van der Waals surface area contributed by atoms with Gasteiger partial charge in [-0.15, -0.1) is 21.5 Å². The number of nitrogens with zero attached hydrogens (tertiary/aromatic N) is 3. The molecule has 3 rings (SSSR count). The molecule has 0 aliphatic carbocycles. The lowest BCUT2D eigenvalue weighted by Gasteiger charge is -2.08. The zero-order valence-electron chi connectivity index (χ0n) is 18.9. The second kappa shape index (κ2) is 11.5. The summed E-state index contributed by atoms with van der Waals surface area (Å²) >= 11 is 7.77. The summed E-state index contributed by atoms with van der Waals surface area (Å²) in [6.45, 7) is 3.40. The average Bonchev–Trinajstić information content (AvgIpc) is 3.32. The van der Waals surface area contributed by atoms with E-state index in [9.17, 15) is 18.8 Å². The van der Waals surface area contributed by atoms with Gasteiger partial charge in [-0.1, -0.05) is 23.4 Å². The Balaban J connectivity index is 1.64. The topological polar surface area (TPSA) is 138 Å². The number of esters is 1. The second-order valence-electron chi connectivity index (χ2n) is 7.00. The van der Waals surface area contributed by atoms with Crippen molar-refractivity contribution < 1.29 is 28.2 Å². The molecule has 0 radical (unpaired) electrons. The number of nitrogens with one attached hydrogen (secondary N) is 1. The molecule has 14 heteroatoms. The highest BCUT2D eigenvalue weighted by molar-refractivity contribution is 7.99. The normalized spacial score (nSPS) is 10.8. The van der Waals surface area contributed by atoms with Crippen molar-refractivity contribution >= 4 is 57.5 Å². The number of aromatic nitrogens is 3. The van der Waals surface area contributed by atoms with Crippen LogP contribution < -0.4 is 15.8 Å². The van der Waals surface area contributed by atoms with Gasteiger partial charge in [0.15, 0.2) is 11.0 Å². The molecule has 2 aromatic heterocycles. The minimum absolute atomic E-state index is 0.0471. The van der Waals surface area contributed by atoms with Gasteiger partial charge >= 0.3 is 5.97 Å². The van der Waals surface area contributed by atoms with Gasteiger partial charge in [0.25, 0.3) is 5.91 Å². The molecule has 2 amide bonds. The fourth-order valence-corrected chi connectivity index (χ4v) is 4.85. The van der Waals surface area contributed by atoms with E-state index in [0.29, 0.717) is 22.3 Å². The first-order chi connectivity index (χ1) is 16.6. The molecule has 0 bridgehead atoms. The number of rotatable bonds is 10. The lowest BCUT2D eigenvalue weighted by Crippen LogP contribution is -2.17. The van der Waals surface area contributed by atoms with Crippen molar-refractivity contribution in [1.82, 2.24) is 14.8 Å². The average molecular weight is 542 g/mol. The third-order valence-electron chi connectivity index (χ3n) is 4.62. The summed E-state index contributed by atoms with van der Waals surface area (Å²) in [6, 6.07) is 3.99. The van der Waals surface area contributed by atoms with Crippen LogP contribution in [0, 0.1) is 12.7 Å². The Morgan fingerprint density at radius 2 is 2.06 bits per heavy atom. The highest BCUT2D eigenvalue weighted by Gasteiger charge is 2.26. The van der Waals surface area contributed by atoms with Crippen molar-refractivity contribution in [3.63, 3.8) is 0 Å². The van der Waals surface area contributed by atoms with Crippen LogP contribution in [0.1, 0.15) is 38.3 Å². The largest absolute Gasteiger partial charge is 0.486 e. The van der Waals surface area contributed by atoms with E-state index in [-0.39, 0.29) is 39.4 Å². The first-order valence-corrected chi connectivity index (χ1v) is 12.3. The van der Waals surface area contributed by atoms with Gasteiger partial charge < -0.3 is 25.1 Å². The molecular weight excluding hydrogens is 521 g/mol. The quantitative estimate of drug-likeness (QED) is 0.293. The van der Waals surface area contributed by atoms with Gasteiger partial charge in [0, 0.05) is 13.1 Å². The SMILES string of the molecule is CCOC(=O)c1c(NC(=O)CSc2nnc(COc3ccc(F)c(Cl)c3)n2C)sc(C(N)=O)c1C. The molecular formula is C21H21ClFN5O5S2. The van der Waals surface area contributed by atoms with Crippen LogP contribution in [0.2, 0.25) is 5.02 Å². The van der Waals surface area contributed by atoms with Gasteiger partial charge in [0.1, 0.15) is 23.2 Å². The first-order valence-electron chi connectivity index (χ1n) is 10.1. The lowest BCUT2D eigenvalue weighted by atomic mass is 10.1. The Morgan fingerprint density at radius 1 is 1.31 bits per heavy atom. The number of carbonyl (C=O) groups excluding carboxylic acids is 3. The van der Waals surface area contributed by atoms with E-state index >= 15 is 0 Å². The van der Waals surface area contributed by atoms with Crippen molar-refractivity contribution in [1.29, 1.82) is 0 Å². The number of thioether (sulfide) groups is 1. The Hall–Kier alpha value is -3.16. The van der Waals surface area contributed by atoms with Crippen LogP contribution in [0.15, 0.2) is 23.4 Å². The molecule has 0 aliphatic rings. The number of ether oxygens (including phenoxy) is 2. The summed E-state index contributed by atoms with van der Waals surface area (Å²) in [6.07, 6.45) is 0. The highest BCUT2D eigenvalue weighted by Crippen LogP contribution is 2.34. The molecule has 2 heterocycles. The molecule has 0 fully saturated rings. The van der Waals surface area contributed by atoms with Crippen LogP contribution in [0.3, 0.4) is 0 Å². The number of benzene rings is 1. The molecule has 1 aromatic carbocycles. The molecule has 35 heavy (non-hydrogen) atoms. The number of hydrogen-bond donors (Lipinski definition) is 2. The fraction of sp³-hybridized carbons (Fsp3) is 0.286. The molecule has 0 saturated heterocycles. The van der Waals surface area contributed by atoms with Crippen molar-refractivity contribution in [2.45, 2.75) is 25.6 Å². The Kier molecular flexibility index (Phi) is 8.70. The summed E-state index contributed by atoms with van der Waals surface area (Å²) < 4.78 is 25.5. The molecule has 0 aliphatic heterocycles. The van der Waals surface area contributed by atoms with Crippen LogP contribution in [-0.4, -0.2) is 44.9 Å². The van der Waals surface area contributed by atoms with Crippen molar-refractivity contribution in [3.05, 3.63) is 50.9 Å². The first kappa shape index (κ1) is 26.4. The van der Waals surface area contributed by atoms with Crippen LogP contribution in [-0.2, 0) is 23.2 Å². The van der Waals surface area contributed by atoms with E-state index in [0.717, 1.165) is 23.1 Å². The van der Waals surface area contributed by atoms with Gasteiger partial charge in [-0.3, -0.25) is 9.59 Å². The van der Waals surface area contributed by atoms with E-state index < -0.39 is 23.6 Å².